The zero-order valence-electron chi connectivity index (χ0n) is 12.8. The lowest BCUT2D eigenvalue weighted by Gasteiger charge is -2.25. The lowest BCUT2D eigenvalue weighted by Crippen LogP contribution is -2.30. The maximum absolute atomic E-state index is 13.1. The van der Waals surface area contributed by atoms with Crippen LogP contribution in [-0.4, -0.2) is 22.3 Å². The Morgan fingerprint density at radius 1 is 1.25 bits per heavy atom. The fourth-order valence-corrected chi connectivity index (χ4v) is 3.04. The van der Waals surface area contributed by atoms with E-state index in [1.165, 1.54) is 30.3 Å². The molecule has 1 amide bonds. The van der Waals surface area contributed by atoms with Crippen molar-refractivity contribution in [3.8, 4) is 0 Å². The normalized spacial score (nSPS) is 17.0. The third kappa shape index (κ3) is 2.92. The number of likely N-dealkylation sites (tertiary alicyclic amines) is 1. The van der Waals surface area contributed by atoms with Gasteiger partial charge in [0, 0.05) is 18.2 Å². The fraction of sp³-hybridized carbons (Fsp3) is 0.235. The Hall–Kier alpha value is -2.96. The summed E-state index contributed by atoms with van der Waals surface area (Å²) in [6.07, 6.45) is 1.60. The largest absolute Gasteiger partial charge is 0.393 e. The highest BCUT2D eigenvalue weighted by atomic mass is 19.1. The molecule has 0 aromatic heterocycles. The number of anilines is 1. The number of nitrogens with two attached hydrogens (primary N) is 1. The van der Waals surface area contributed by atoms with Gasteiger partial charge in [0.1, 0.15) is 11.5 Å². The minimum atomic E-state index is -0.604. The van der Waals surface area contributed by atoms with Gasteiger partial charge in [-0.15, -0.1) is 0 Å². The van der Waals surface area contributed by atoms with E-state index in [-0.39, 0.29) is 34.7 Å². The third-order valence-electron chi connectivity index (χ3n) is 4.24. The van der Waals surface area contributed by atoms with E-state index in [4.69, 9.17) is 5.73 Å². The molecule has 0 bridgehead atoms. The van der Waals surface area contributed by atoms with E-state index in [2.05, 4.69) is 0 Å². The third-order valence-corrected chi connectivity index (χ3v) is 4.24. The van der Waals surface area contributed by atoms with Crippen LogP contribution in [0.2, 0.25) is 0 Å². The summed E-state index contributed by atoms with van der Waals surface area (Å²) >= 11 is 0. The average Bonchev–Trinajstić information content (AvgIpc) is 3.04. The van der Waals surface area contributed by atoms with Crippen molar-refractivity contribution < 1.29 is 14.1 Å². The molecule has 1 fully saturated rings. The van der Waals surface area contributed by atoms with Crippen molar-refractivity contribution in [3.05, 3.63) is 69.5 Å². The predicted octanol–water partition coefficient (Wildman–Crippen LogP) is 3.29. The summed E-state index contributed by atoms with van der Waals surface area (Å²) in [6, 6.07) is 9.97. The zero-order valence-corrected chi connectivity index (χ0v) is 12.8. The molecule has 1 unspecified atom stereocenters. The molecular weight excluding hydrogens is 313 g/mol. The van der Waals surface area contributed by atoms with Gasteiger partial charge >= 0.3 is 0 Å². The van der Waals surface area contributed by atoms with Gasteiger partial charge < -0.3 is 10.6 Å². The number of rotatable bonds is 3. The second-order valence-corrected chi connectivity index (χ2v) is 5.74. The molecule has 6 nitrogen and oxygen atoms in total. The van der Waals surface area contributed by atoms with E-state index in [1.54, 1.807) is 17.0 Å². The fourth-order valence-electron chi connectivity index (χ4n) is 3.04. The summed E-state index contributed by atoms with van der Waals surface area (Å²) in [5.41, 5.74) is 6.40. The SMILES string of the molecule is Nc1ccc(C(=O)N2CCCC2c2ccc(F)cc2)cc1[N+](=O)[O-]. The monoisotopic (exact) mass is 329 g/mol. The summed E-state index contributed by atoms with van der Waals surface area (Å²) in [4.78, 5) is 24.8. The van der Waals surface area contributed by atoms with Gasteiger partial charge in [-0.05, 0) is 42.7 Å². The van der Waals surface area contributed by atoms with Gasteiger partial charge in [-0.25, -0.2) is 4.39 Å². The Balaban J connectivity index is 1.90. The van der Waals surface area contributed by atoms with Crippen LogP contribution in [0.5, 0.6) is 0 Å². The van der Waals surface area contributed by atoms with Crippen LogP contribution in [0, 0.1) is 15.9 Å². The molecule has 1 heterocycles. The van der Waals surface area contributed by atoms with Crippen LogP contribution in [0.1, 0.15) is 34.8 Å². The number of halogens is 1. The molecule has 3 rings (SSSR count). The first-order valence-corrected chi connectivity index (χ1v) is 7.57. The van der Waals surface area contributed by atoms with Crippen LogP contribution < -0.4 is 5.73 Å². The standard InChI is InChI=1S/C17H16FN3O3/c18-13-6-3-11(4-7-13)15-2-1-9-20(15)17(22)12-5-8-14(19)16(10-12)21(23)24/h3-8,10,15H,1-2,9,19H2. The highest BCUT2D eigenvalue weighted by Gasteiger charge is 2.31. The van der Waals surface area contributed by atoms with Gasteiger partial charge in [0.25, 0.3) is 11.6 Å². The molecule has 2 N–H and O–H groups in total. The molecule has 0 aliphatic carbocycles. The minimum Gasteiger partial charge on any atom is -0.393 e. The first-order chi connectivity index (χ1) is 11.5. The summed E-state index contributed by atoms with van der Waals surface area (Å²) in [6.45, 7) is 0.555. The summed E-state index contributed by atoms with van der Waals surface area (Å²) < 4.78 is 13.1. The van der Waals surface area contributed by atoms with E-state index in [1.807, 2.05) is 0 Å². The highest BCUT2D eigenvalue weighted by Crippen LogP contribution is 2.34. The molecule has 7 heteroatoms. The van der Waals surface area contributed by atoms with Crippen molar-refractivity contribution in [2.45, 2.75) is 18.9 Å². The molecule has 2 aromatic rings. The smallest absolute Gasteiger partial charge is 0.292 e. The Bertz CT molecular complexity index is 792. The van der Waals surface area contributed by atoms with E-state index >= 15 is 0 Å². The molecule has 124 valence electrons. The lowest BCUT2D eigenvalue weighted by molar-refractivity contribution is -0.383. The lowest BCUT2D eigenvalue weighted by atomic mass is 10.0. The molecule has 0 saturated carbocycles. The van der Waals surface area contributed by atoms with Crippen LogP contribution >= 0.6 is 0 Å². The number of amides is 1. The number of carbonyl (C=O) groups excluding carboxylic acids is 1. The maximum atomic E-state index is 13.1. The second kappa shape index (κ2) is 6.27. The first-order valence-electron chi connectivity index (χ1n) is 7.57. The van der Waals surface area contributed by atoms with Gasteiger partial charge in [-0.2, -0.15) is 0 Å². The molecular formula is C17H16FN3O3. The van der Waals surface area contributed by atoms with Crippen LogP contribution in [0.25, 0.3) is 0 Å². The van der Waals surface area contributed by atoms with Gasteiger partial charge in [0.05, 0.1) is 11.0 Å². The molecule has 0 radical (unpaired) electrons. The molecule has 1 aliphatic rings. The van der Waals surface area contributed by atoms with E-state index in [0.717, 1.165) is 18.4 Å². The van der Waals surface area contributed by atoms with Crippen molar-refractivity contribution in [1.82, 2.24) is 4.90 Å². The van der Waals surface area contributed by atoms with Crippen molar-refractivity contribution in [2.24, 2.45) is 0 Å². The van der Waals surface area contributed by atoms with E-state index in [0.29, 0.717) is 6.54 Å². The number of nitrogen functional groups attached to an aromatic ring is 1. The summed E-state index contributed by atoms with van der Waals surface area (Å²) in [5.74, 6) is -0.617. The van der Waals surface area contributed by atoms with E-state index < -0.39 is 4.92 Å². The van der Waals surface area contributed by atoms with Crippen molar-refractivity contribution in [1.29, 1.82) is 0 Å². The first kappa shape index (κ1) is 15.9. The number of hydrogen-bond acceptors (Lipinski definition) is 4. The van der Waals surface area contributed by atoms with Crippen molar-refractivity contribution in [3.63, 3.8) is 0 Å². The number of nitro groups is 1. The minimum absolute atomic E-state index is 0.0213. The Kier molecular flexibility index (Phi) is 4.16. The maximum Gasteiger partial charge on any atom is 0.292 e. The quantitative estimate of drug-likeness (QED) is 0.531. The van der Waals surface area contributed by atoms with Crippen LogP contribution in [0.15, 0.2) is 42.5 Å². The van der Waals surface area contributed by atoms with Gasteiger partial charge in [0.15, 0.2) is 0 Å². The summed E-state index contributed by atoms with van der Waals surface area (Å²) in [7, 11) is 0. The number of hydrogen-bond donors (Lipinski definition) is 1. The van der Waals surface area contributed by atoms with Gasteiger partial charge in [-0.3, -0.25) is 14.9 Å². The van der Waals surface area contributed by atoms with Crippen molar-refractivity contribution in [2.75, 3.05) is 12.3 Å². The number of carbonyl (C=O) groups is 1. The highest BCUT2D eigenvalue weighted by molar-refractivity contribution is 5.96. The van der Waals surface area contributed by atoms with E-state index in [9.17, 15) is 19.3 Å². The zero-order chi connectivity index (χ0) is 17.3. The van der Waals surface area contributed by atoms with Crippen LogP contribution in [-0.2, 0) is 0 Å². The Labute approximate surface area is 137 Å². The molecule has 0 spiro atoms. The Morgan fingerprint density at radius 2 is 1.96 bits per heavy atom. The second-order valence-electron chi connectivity index (χ2n) is 5.74. The molecule has 2 aromatic carbocycles. The average molecular weight is 329 g/mol. The summed E-state index contributed by atoms with van der Waals surface area (Å²) in [5, 5.41) is 11.0. The van der Waals surface area contributed by atoms with Gasteiger partial charge in [0.2, 0.25) is 0 Å². The van der Waals surface area contributed by atoms with Crippen LogP contribution in [0.4, 0.5) is 15.8 Å². The van der Waals surface area contributed by atoms with Gasteiger partial charge in [-0.1, -0.05) is 12.1 Å². The number of nitrogens with zero attached hydrogens (tertiary/aromatic N) is 2. The Morgan fingerprint density at radius 3 is 2.62 bits per heavy atom. The molecule has 1 aliphatic heterocycles. The topological polar surface area (TPSA) is 89.5 Å². The number of benzene rings is 2. The molecule has 1 atom stereocenters. The predicted molar refractivity (Wildman–Crippen MR) is 86.9 cm³/mol. The molecule has 24 heavy (non-hydrogen) atoms. The van der Waals surface area contributed by atoms with Crippen LogP contribution in [0.3, 0.4) is 0 Å². The van der Waals surface area contributed by atoms with Crippen molar-refractivity contribution >= 4 is 17.3 Å². The molecule has 1 saturated heterocycles. The number of nitro benzene ring substituents is 1.